The van der Waals surface area contributed by atoms with Gasteiger partial charge in [-0.2, -0.15) is 0 Å². The summed E-state index contributed by atoms with van der Waals surface area (Å²) in [4.78, 5) is 0. The zero-order chi connectivity index (χ0) is 14.5. The first-order valence-electron chi connectivity index (χ1n) is 6.84. The molecule has 1 nitrogen and oxygen atoms in total. The minimum absolute atomic E-state index is 0.174. The second-order valence-electron chi connectivity index (χ2n) is 4.93. The van der Waals surface area contributed by atoms with E-state index >= 15 is 0 Å². The maximum Gasteiger partial charge on any atom is 0.0456 e. The highest BCUT2D eigenvalue weighted by atomic mass is 35.5. The third-order valence-electron chi connectivity index (χ3n) is 3.36. The largest absolute Gasteiger partial charge is 0.310 e. The fourth-order valence-electron chi connectivity index (χ4n) is 2.34. The smallest absolute Gasteiger partial charge is 0.0456 e. The molecule has 0 aromatic heterocycles. The van der Waals surface area contributed by atoms with Gasteiger partial charge >= 0.3 is 0 Å². The lowest BCUT2D eigenvalue weighted by Gasteiger charge is -2.20. The molecule has 1 N–H and O–H groups in total. The predicted octanol–water partition coefficient (Wildman–Crippen LogP) is 5.20. The van der Waals surface area contributed by atoms with E-state index in [9.17, 15) is 0 Å². The van der Waals surface area contributed by atoms with Crippen LogP contribution in [0.5, 0.6) is 0 Å². The molecule has 3 heteroatoms. The van der Waals surface area contributed by atoms with Crippen LogP contribution in [0.2, 0.25) is 10.0 Å². The number of likely N-dealkylation sites (N-methyl/N-ethyl adjacent to an activating group) is 1. The van der Waals surface area contributed by atoms with Gasteiger partial charge in [0.25, 0.3) is 0 Å². The lowest BCUT2D eigenvalue weighted by atomic mass is 9.98. The normalized spacial score (nSPS) is 12.4. The number of nitrogens with one attached hydrogen (secondary N) is 1. The Balaban J connectivity index is 2.29. The summed E-state index contributed by atoms with van der Waals surface area (Å²) in [5, 5.41) is 5.10. The Labute approximate surface area is 130 Å². The van der Waals surface area contributed by atoms with Crippen LogP contribution in [0.15, 0.2) is 42.5 Å². The molecule has 2 aromatic rings. The molecular formula is C17H19Cl2N. The van der Waals surface area contributed by atoms with Crippen molar-refractivity contribution in [1.29, 1.82) is 0 Å². The third kappa shape index (κ3) is 3.76. The van der Waals surface area contributed by atoms with Crippen molar-refractivity contribution in [2.24, 2.45) is 0 Å². The number of aryl methyl sites for hydroxylation is 1. The van der Waals surface area contributed by atoms with Crippen LogP contribution in [0.1, 0.15) is 29.7 Å². The average molecular weight is 308 g/mol. The number of benzene rings is 2. The molecule has 1 atom stereocenters. The fourth-order valence-corrected chi connectivity index (χ4v) is 2.92. The Bertz CT molecular complexity index is 581. The molecule has 2 aromatic carbocycles. The Morgan fingerprint density at radius 3 is 2.45 bits per heavy atom. The van der Waals surface area contributed by atoms with Gasteiger partial charge in [0.1, 0.15) is 0 Å². The molecule has 0 radical (unpaired) electrons. The molecule has 0 bridgehead atoms. The number of hydrogen-bond acceptors (Lipinski definition) is 1. The quantitative estimate of drug-likeness (QED) is 0.801. The van der Waals surface area contributed by atoms with Crippen molar-refractivity contribution in [3.05, 3.63) is 69.2 Å². The second-order valence-corrected chi connectivity index (χ2v) is 5.75. The van der Waals surface area contributed by atoms with E-state index in [1.54, 1.807) is 0 Å². The van der Waals surface area contributed by atoms with E-state index in [2.05, 4.69) is 30.4 Å². The Morgan fingerprint density at radius 1 is 1.05 bits per heavy atom. The SMILES string of the molecule is CCNC(Cc1ccccc1Cl)c1ccc(C)cc1Cl. The van der Waals surface area contributed by atoms with E-state index in [-0.39, 0.29) is 6.04 Å². The minimum atomic E-state index is 0.174. The summed E-state index contributed by atoms with van der Waals surface area (Å²) in [6.07, 6.45) is 0.830. The molecule has 0 saturated carbocycles. The van der Waals surface area contributed by atoms with Gasteiger partial charge in [0.2, 0.25) is 0 Å². The van der Waals surface area contributed by atoms with Crippen molar-refractivity contribution in [2.75, 3.05) is 6.54 Å². The van der Waals surface area contributed by atoms with Crippen molar-refractivity contribution in [3.8, 4) is 0 Å². The predicted molar refractivity (Wildman–Crippen MR) is 87.8 cm³/mol. The van der Waals surface area contributed by atoms with Crippen molar-refractivity contribution in [1.82, 2.24) is 5.32 Å². The van der Waals surface area contributed by atoms with Crippen LogP contribution in [-0.2, 0) is 6.42 Å². The van der Waals surface area contributed by atoms with E-state index in [1.165, 1.54) is 5.56 Å². The van der Waals surface area contributed by atoms with Crippen LogP contribution < -0.4 is 5.32 Å². The maximum atomic E-state index is 6.39. The third-order valence-corrected chi connectivity index (χ3v) is 4.06. The van der Waals surface area contributed by atoms with Crippen LogP contribution in [0.25, 0.3) is 0 Å². The molecule has 0 fully saturated rings. The van der Waals surface area contributed by atoms with Crippen molar-refractivity contribution >= 4 is 23.2 Å². The van der Waals surface area contributed by atoms with Crippen LogP contribution >= 0.6 is 23.2 Å². The summed E-state index contributed by atoms with van der Waals surface area (Å²) < 4.78 is 0. The van der Waals surface area contributed by atoms with Crippen molar-refractivity contribution in [3.63, 3.8) is 0 Å². The first-order valence-corrected chi connectivity index (χ1v) is 7.60. The molecular weight excluding hydrogens is 289 g/mol. The topological polar surface area (TPSA) is 12.0 Å². The molecule has 0 aliphatic heterocycles. The fraction of sp³-hybridized carbons (Fsp3) is 0.294. The zero-order valence-electron chi connectivity index (χ0n) is 11.8. The molecule has 0 aliphatic carbocycles. The lowest BCUT2D eigenvalue weighted by molar-refractivity contribution is 0.550. The molecule has 20 heavy (non-hydrogen) atoms. The van der Waals surface area contributed by atoms with Crippen molar-refractivity contribution in [2.45, 2.75) is 26.3 Å². The first-order chi connectivity index (χ1) is 9.61. The van der Waals surface area contributed by atoms with Gasteiger partial charge in [-0.15, -0.1) is 0 Å². The molecule has 1 unspecified atom stereocenters. The van der Waals surface area contributed by atoms with Gasteiger partial charge in [0.05, 0.1) is 0 Å². The highest BCUT2D eigenvalue weighted by molar-refractivity contribution is 6.31. The molecule has 106 valence electrons. The average Bonchev–Trinajstić information content (AvgIpc) is 2.41. The van der Waals surface area contributed by atoms with Crippen molar-refractivity contribution < 1.29 is 0 Å². The number of rotatable bonds is 5. The molecule has 0 spiro atoms. The summed E-state index contributed by atoms with van der Waals surface area (Å²) in [5.74, 6) is 0. The standard InChI is InChI=1S/C17H19Cl2N/c1-3-20-17(11-13-6-4-5-7-15(13)18)14-9-8-12(2)10-16(14)19/h4-10,17,20H,3,11H2,1-2H3. The molecule has 0 amide bonds. The van der Waals surface area contributed by atoms with Crippen LogP contribution in [-0.4, -0.2) is 6.54 Å². The van der Waals surface area contributed by atoms with E-state index < -0.39 is 0 Å². The molecule has 0 heterocycles. The van der Waals surface area contributed by atoms with E-state index in [1.807, 2.05) is 31.2 Å². The minimum Gasteiger partial charge on any atom is -0.310 e. The van der Waals surface area contributed by atoms with Crippen LogP contribution in [0.3, 0.4) is 0 Å². The van der Waals surface area contributed by atoms with E-state index in [4.69, 9.17) is 23.2 Å². The van der Waals surface area contributed by atoms with Gasteiger partial charge in [-0.1, -0.05) is 60.5 Å². The van der Waals surface area contributed by atoms with Crippen LogP contribution in [0.4, 0.5) is 0 Å². The van der Waals surface area contributed by atoms with E-state index in [0.29, 0.717) is 0 Å². The van der Waals surface area contributed by atoms with Gasteiger partial charge < -0.3 is 5.32 Å². The van der Waals surface area contributed by atoms with Gasteiger partial charge in [-0.05, 0) is 48.7 Å². The van der Waals surface area contributed by atoms with E-state index in [0.717, 1.165) is 34.1 Å². The second kappa shape index (κ2) is 7.12. The summed E-state index contributed by atoms with van der Waals surface area (Å²) in [6, 6.07) is 14.3. The Kier molecular flexibility index (Phi) is 5.47. The van der Waals surface area contributed by atoms with Gasteiger partial charge in [0.15, 0.2) is 0 Å². The molecule has 0 aliphatic rings. The highest BCUT2D eigenvalue weighted by Gasteiger charge is 2.15. The summed E-state index contributed by atoms with van der Waals surface area (Å²) in [5.41, 5.74) is 3.43. The lowest BCUT2D eigenvalue weighted by Crippen LogP contribution is -2.23. The first kappa shape index (κ1) is 15.4. The monoisotopic (exact) mass is 307 g/mol. The van der Waals surface area contributed by atoms with Gasteiger partial charge in [0, 0.05) is 16.1 Å². The summed E-state index contributed by atoms with van der Waals surface area (Å²) >= 11 is 12.7. The van der Waals surface area contributed by atoms with Crippen LogP contribution in [0, 0.1) is 6.92 Å². The molecule has 2 rings (SSSR count). The number of halogens is 2. The summed E-state index contributed by atoms with van der Waals surface area (Å²) in [6.45, 7) is 5.03. The van der Waals surface area contributed by atoms with Gasteiger partial charge in [-0.25, -0.2) is 0 Å². The zero-order valence-corrected chi connectivity index (χ0v) is 13.3. The molecule has 0 saturated heterocycles. The van der Waals surface area contributed by atoms with Gasteiger partial charge in [-0.3, -0.25) is 0 Å². The number of hydrogen-bond donors (Lipinski definition) is 1. The Hall–Kier alpha value is -1.02. The summed E-state index contributed by atoms with van der Waals surface area (Å²) in [7, 11) is 0. The Morgan fingerprint density at radius 2 is 1.80 bits per heavy atom. The maximum absolute atomic E-state index is 6.39. The highest BCUT2D eigenvalue weighted by Crippen LogP contribution is 2.28.